The lowest BCUT2D eigenvalue weighted by molar-refractivity contribution is 0.0773. The summed E-state index contributed by atoms with van der Waals surface area (Å²) >= 11 is 3.72. The molecule has 128 valence electrons. The molecule has 2 aliphatic heterocycles. The van der Waals surface area contributed by atoms with Gasteiger partial charge in [-0.15, -0.1) is 0 Å². The Morgan fingerprint density at radius 3 is 1.46 bits per heavy atom. The highest BCUT2D eigenvalue weighted by molar-refractivity contribution is 7.97. The second-order valence-corrected chi connectivity index (χ2v) is 8.15. The minimum atomic E-state index is 0.829. The van der Waals surface area contributed by atoms with Crippen molar-refractivity contribution in [3.8, 4) is 0 Å². The van der Waals surface area contributed by atoms with E-state index in [1.54, 1.807) is 0 Å². The van der Waals surface area contributed by atoms with Gasteiger partial charge in [0, 0.05) is 36.0 Å². The van der Waals surface area contributed by atoms with Gasteiger partial charge < -0.3 is 9.47 Å². The van der Waals surface area contributed by atoms with Crippen LogP contribution < -0.4 is 0 Å². The fraction of sp³-hybridized carbons (Fsp3) is 0.444. The van der Waals surface area contributed by atoms with Crippen LogP contribution in [0.4, 0.5) is 0 Å². The third-order valence-corrected chi connectivity index (χ3v) is 6.59. The van der Waals surface area contributed by atoms with E-state index in [2.05, 4.69) is 45.0 Å². The van der Waals surface area contributed by atoms with Crippen molar-refractivity contribution >= 4 is 34.7 Å². The van der Waals surface area contributed by atoms with E-state index in [-0.39, 0.29) is 0 Å². The number of ether oxygens (including phenoxy) is 2. The Hall–Kier alpha value is -0.760. The normalized spacial score (nSPS) is 20.5. The van der Waals surface area contributed by atoms with Crippen molar-refractivity contribution in [3.05, 3.63) is 36.4 Å². The first kappa shape index (κ1) is 16.7. The van der Waals surface area contributed by atoms with Gasteiger partial charge in [0.05, 0.1) is 26.4 Å². The van der Waals surface area contributed by atoms with Crippen LogP contribution in [0.3, 0.4) is 0 Å². The zero-order valence-electron chi connectivity index (χ0n) is 13.6. The summed E-state index contributed by atoms with van der Waals surface area (Å²) in [5, 5.41) is 2.68. The van der Waals surface area contributed by atoms with E-state index < -0.39 is 0 Å². The average molecular weight is 363 g/mol. The smallest absolute Gasteiger partial charge is 0.0603 e. The molecule has 6 heteroatoms. The molecule has 0 unspecified atom stereocenters. The molecule has 4 nitrogen and oxygen atoms in total. The molecular weight excluding hydrogens is 340 g/mol. The van der Waals surface area contributed by atoms with Gasteiger partial charge in [-0.3, -0.25) is 0 Å². The maximum absolute atomic E-state index is 5.45. The van der Waals surface area contributed by atoms with Gasteiger partial charge >= 0.3 is 0 Å². The van der Waals surface area contributed by atoms with Crippen molar-refractivity contribution in [2.75, 3.05) is 52.6 Å². The number of morpholine rings is 2. The highest BCUT2D eigenvalue weighted by Gasteiger charge is 2.16. The molecule has 24 heavy (non-hydrogen) atoms. The lowest BCUT2D eigenvalue weighted by Crippen LogP contribution is -2.31. The van der Waals surface area contributed by atoms with E-state index in [0.29, 0.717) is 0 Å². The molecule has 2 aromatic rings. The second kappa shape index (κ2) is 8.08. The van der Waals surface area contributed by atoms with Crippen LogP contribution in [-0.4, -0.2) is 61.2 Å². The van der Waals surface area contributed by atoms with Gasteiger partial charge in [0.15, 0.2) is 0 Å². The summed E-state index contributed by atoms with van der Waals surface area (Å²) in [7, 11) is 0. The Morgan fingerprint density at radius 2 is 1.04 bits per heavy atom. The highest BCUT2D eigenvalue weighted by Crippen LogP contribution is 2.36. The van der Waals surface area contributed by atoms with Crippen molar-refractivity contribution in [2.45, 2.75) is 9.79 Å². The molecule has 2 aliphatic rings. The Labute approximate surface area is 151 Å². The molecule has 0 aromatic heterocycles. The molecule has 4 rings (SSSR count). The molecule has 2 aromatic carbocycles. The standard InChI is InChI=1S/C18H22N2O2S2/c1-3-15-16(17(5-1)23-19-7-11-21-12-8-19)4-2-6-18(15)24-20-9-13-22-14-10-20/h1-6H,7-14H2. The van der Waals surface area contributed by atoms with Gasteiger partial charge in [-0.2, -0.15) is 0 Å². The summed E-state index contributed by atoms with van der Waals surface area (Å²) in [6.07, 6.45) is 0. The van der Waals surface area contributed by atoms with Crippen LogP contribution in [-0.2, 0) is 9.47 Å². The highest BCUT2D eigenvalue weighted by atomic mass is 32.2. The van der Waals surface area contributed by atoms with Gasteiger partial charge in [0.1, 0.15) is 0 Å². The number of hydrogen-bond donors (Lipinski definition) is 0. The van der Waals surface area contributed by atoms with E-state index in [1.165, 1.54) is 20.6 Å². The zero-order chi connectivity index (χ0) is 16.2. The molecule has 2 heterocycles. The van der Waals surface area contributed by atoms with E-state index in [0.717, 1.165) is 52.6 Å². The Kier molecular flexibility index (Phi) is 5.62. The largest absolute Gasteiger partial charge is 0.379 e. The SMILES string of the molecule is c1cc(SN2CCOCC2)c2cccc(SN3CCOCC3)c2c1. The molecule has 0 saturated carbocycles. The summed E-state index contributed by atoms with van der Waals surface area (Å²) in [6.45, 7) is 7.27. The van der Waals surface area contributed by atoms with Crippen molar-refractivity contribution in [1.82, 2.24) is 8.61 Å². The molecule has 0 atom stereocenters. The first-order valence-corrected chi connectivity index (χ1v) is 9.98. The van der Waals surface area contributed by atoms with Crippen molar-refractivity contribution < 1.29 is 9.47 Å². The third-order valence-electron chi connectivity index (χ3n) is 4.24. The Bertz CT molecular complexity index is 627. The molecule has 0 amide bonds. The number of benzene rings is 2. The minimum Gasteiger partial charge on any atom is -0.379 e. The van der Waals surface area contributed by atoms with E-state index in [1.807, 2.05) is 23.9 Å². The molecule has 0 bridgehead atoms. The molecule has 0 N–H and O–H groups in total. The minimum absolute atomic E-state index is 0.829. The van der Waals surface area contributed by atoms with Crippen LogP contribution in [0, 0.1) is 0 Å². The maximum Gasteiger partial charge on any atom is 0.0603 e. The van der Waals surface area contributed by atoms with Crippen LogP contribution in [0.1, 0.15) is 0 Å². The summed E-state index contributed by atoms with van der Waals surface area (Å²) in [6, 6.07) is 13.3. The zero-order valence-corrected chi connectivity index (χ0v) is 15.3. The number of fused-ring (bicyclic) bond motifs is 1. The van der Waals surface area contributed by atoms with Gasteiger partial charge in [-0.05, 0) is 46.8 Å². The van der Waals surface area contributed by atoms with E-state index in [4.69, 9.17) is 9.47 Å². The quantitative estimate of drug-likeness (QED) is 0.772. The first-order valence-electron chi connectivity index (χ1n) is 8.43. The summed E-state index contributed by atoms with van der Waals surface area (Å²) in [5.41, 5.74) is 0. The lowest BCUT2D eigenvalue weighted by atomic mass is 10.1. The lowest BCUT2D eigenvalue weighted by Gasteiger charge is -2.27. The van der Waals surface area contributed by atoms with Crippen molar-refractivity contribution in [3.63, 3.8) is 0 Å². The summed E-state index contributed by atoms with van der Waals surface area (Å²) in [5.74, 6) is 0. The van der Waals surface area contributed by atoms with Crippen LogP contribution in [0.5, 0.6) is 0 Å². The number of hydrogen-bond acceptors (Lipinski definition) is 6. The van der Waals surface area contributed by atoms with Crippen LogP contribution in [0.2, 0.25) is 0 Å². The maximum atomic E-state index is 5.45. The van der Waals surface area contributed by atoms with Crippen LogP contribution in [0.25, 0.3) is 10.8 Å². The molecule has 2 fully saturated rings. The van der Waals surface area contributed by atoms with E-state index >= 15 is 0 Å². The van der Waals surface area contributed by atoms with Gasteiger partial charge in [-0.25, -0.2) is 8.61 Å². The third kappa shape index (κ3) is 3.90. The molecule has 0 spiro atoms. The monoisotopic (exact) mass is 362 g/mol. The predicted molar refractivity (Wildman–Crippen MR) is 100 cm³/mol. The Morgan fingerprint density at radius 1 is 0.625 bits per heavy atom. The number of nitrogens with zero attached hydrogens (tertiary/aromatic N) is 2. The topological polar surface area (TPSA) is 24.9 Å². The molecule has 0 aliphatic carbocycles. The van der Waals surface area contributed by atoms with Gasteiger partial charge in [0.25, 0.3) is 0 Å². The predicted octanol–water partition coefficient (Wildman–Crippen LogP) is 3.52. The summed E-state index contributed by atoms with van der Waals surface area (Å²) < 4.78 is 15.7. The van der Waals surface area contributed by atoms with Crippen LogP contribution in [0.15, 0.2) is 46.2 Å². The van der Waals surface area contributed by atoms with Crippen molar-refractivity contribution in [1.29, 1.82) is 0 Å². The fourth-order valence-corrected chi connectivity index (χ4v) is 5.02. The number of rotatable bonds is 4. The summed E-state index contributed by atoms with van der Waals surface area (Å²) in [4.78, 5) is 2.66. The van der Waals surface area contributed by atoms with Crippen LogP contribution >= 0.6 is 23.9 Å². The first-order chi connectivity index (χ1) is 11.9. The second-order valence-electron chi connectivity index (χ2n) is 5.87. The Balaban J connectivity index is 1.58. The molecule has 0 radical (unpaired) electrons. The van der Waals surface area contributed by atoms with Crippen molar-refractivity contribution in [2.24, 2.45) is 0 Å². The van der Waals surface area contributed by atoms with Gasteiger partial charge in [-0.1, -0.05) is 24.3 Å². The molecular formula is C18H22N2O2S2. The van der Waals surface area contributed by atoms with Gasteiger partial charge in [0.2, 0.25) is 0 Å². The fourth-order valence-electron chi connectivity index (χ4n) is 2.97. The average Bonchev–Trinajstić information content (AvgIpc) is 2.64. The van der Waals surface area contributed by atoms with E-state index in [9.17, 15) is 0 Å². The molecule has 2 saturated heterocycles.